The van der Waals surface area contributed by atoms with Crippen molar-refractivity contribution in [2.45, 2.75) is 20.3 Å². The lowest BCUT2D eigenvalue weighted by Crippen LogP contribution is -2.05. The molecular weight excluding hydrogens is 245 g/mol. The molecule has 19 heavy (non-hydrogen) atoms. The summed E-state index contributed by atoms with van der Waals surface area (Å²) in [6.45, 7) is 4.70. The zero-order chi connectivity index (χ0) is 13.7. The number of ether oxygens (including phenoxy) is 1. The smallest absolute Gasteiger partial charge is 0.260 e. The summed E-state index contributed by atoms with van der Waals surface area (Å²) in [5.74, 6) is 0.271. The Morgan fingerprint density at radius 1 is 1.37 bits per heavy atom. The van der Waals surface area contributed by atoms with Crippen LogP contribution in [0.25, 0.3) is 0 Å². The molecule has 0 bridgehead atoms. The number of aryl methyl sites for hydroxylation is 1. The van der Waals surface area contributed by atoms with Crippen LogP contribution in [0.3, 0.4) is 0 Å². The molecule has 0 saturated heterocycles. The highest BCUT2D eigenvalue weighted by Crippen LogP contribution is 2.23. The first-order chi connectivity index (χ1) is 9.19. The van der Waals surface area contributed by atoms with Gasteiger partial charge in [-0.15, -0.1) is 0 Å². The van der Waals surface area contributed by atoms with Crippen molar-refractivity contribution in [3.05, 3.63) is 41.8 Å². The van der Waals surface area contributed by atoms with E-state index in [1.54, 1.807) is 6.07 Å². The van der Waals surface area contributed by atoms with Crippen molar-refractivity contribution in [1.29, 1.82) is 0 Å². The predicted molar refractivity (Wildman–Crippen MR) is 72.0 cm³/mol. The Labute approximate surface area is 111 Å². The van der Waals surface area contributed by atoms with Gasteiger partial charge in [0.25, 0.3) is 5.88 Å². The molecule has 1 aromatic carbocycles. The van der Waals surface area contributed by atoms with Gasteiger partial charge in [0.1, 0.15) is 5.75 Å². The zero-order valence-electron chi connectivity index (χ0n) is 11.0. The third-order valence-electron chi connectivity index (χ3n) is 2.45. The third-order valence-corrected chi connectivity index (χ3v) is 2.45. The summed E-state index contributed by atoms with van der Waals surface area (Å²) in [4.78, 5) is 7.87. The Kier molecular flexibility index (Phi) is 4.28. The van der Waals surface area contributed by atoms with Gasteiger partial charge in [0.05, 0.1) is 6.20 Å². The van der Waals surface area contributed by atoms with Crippen LogP contribution in [0.2, 0.25) is 0 Å². The lowest BCUT2D eigenvalue weighted by Gasteiger charge is -2.08. The van der Waals surface area contributed by atoms with E-state index in [1.165, 1.54) is 0 Å². The predicted octanol–water partition coefficient (Wildman–Crippen LogP) is 3.54. The first-order valence-electron chi connectivity index (χ1n) is 6.20. The number of aromatic nitrogens is 2. The van der Waals surface area contributed by atoms with Gasteiger partial charge in [-0.2, -0.15) is 9.37 Å². The fourth-order valence-electron chi connectivity index (χ4n) is 1.54. The summed E-state index contributed by atoms with van der Waals surface area (Å²) in [5.41, 5.74) is 1.04. The Balaban J connectivity index is 2.19. The molecule has 0 saturated carbocycles. The summed E-state index contributed by atoms with van der Waals surface area (Å²) >= 11 is 0. The van der Waals surface area contributed by atoms with Crippen molar-refractivity contribution >= 4 is 5.95 Å². The average molecular weight is 261 g/mol. The number of anilines is 1. The van der Waals surface area contributed by atoms with Gasteiger partial charge in [0, 0.05) is 6.54 Å². The number of halogens is 1. The highest BCUT2D eigenvalue weighted by atomic mass is 19.1. The molecule has 0 atom stereocenters. The van der Waals surface area contributed by atoms with Crippen molar-refractivity contribution in [3.63, 3.8) is 0 Å². The van der Waals surface area contributed by atoms with Crippen molar-refractivity contribution in [3.8, 4) is 11.6 Å². The van der Waals surface area contributed by atoms with Gasteiger partial charge in [-0.25, -0.2) is 4.98 Å². The minimum atomic E-state index is -0.580. The molecule has 2 aromatic rings. The molecule has 0 unspecified atom stereocenters. The monoisotopic (exact) mass is 261 g/mol. The van der Waals surface area contributed by atoms with Gasteiger partial charge in [-0.05, 0) is 31.0 Å². The summed E-state index contributed by atoms with van der Waals surface area (Å²) in [5, 5.41) is 2.99. The van der Waals surface area contributed by atoms with Gasteiger partial charge in [-0.3, -0.25) is 0 Å². The Bertz CT molecular complexity index is 560. The topological polar surface area (TPSA) is 47.0 Å². The van der Waals surface area contributed by atoms with E-state index in [1.807, 2.05) is 32.0 Å². The van der Waals surface area contributed by atoms with E-state index in [0.29, 0.717) is 11.7 Å². The molecule has 1 N–H and O–H groups in total. The van der Waals surface area contributed by atoms with E-state index in [0.717, 1.165) is 24.7 Å². The van der Waals surface area contributed by atoms with Crippen LogP contribution in [0.1, 0.15) is 18.9 Å². The zero-order valence-corrected chi connectivity index (χ0v) is 11.0. The Morgan fingerprint density at radius 2 is 2.21 bits per heavy atom. The van der Waals surface area contributed by atoms with Crippen molar-refractivity contribution in [2.75, 3.05) is 11.9 Å². The number of nitrogens with one attached hydrogen (secondary N) is 1. The fourth-order valence-corrected chi connectivity index (χ4v) is 1.54. The maximum Gasteiger partial charge on any atom is 0.260 e. The molecule has 5 heteroatoms. The van der Waals surface area contributed by atoms with Gasteiger partial charge in [0.2, 0.25) is 11.8 Å². The maximum absolute atomic E-state index is 13.6. The van der Waals surface area contributed by atoms with Crippen LogP contribution in [0.15, 0.2) is 30.5 Å². The molecule has 2 rings (SSSR count). The highest BCUT2D eigenvalue weighted by Gasteiger charge is 2.09. The Hall–Kier alpha value is -2.17. The number of hydrogen-bond donors (Lipinski definition) is 1. The second kappa shape index (κ2) is 6.13. The summed E-state index contributed by atoms with van der Waals surface area (Å²) in [6.07, 6.45) is 2.05. The number of nitrogens with zero attached hydrogens (tertiary/aromatic N) is 2. The number of benzene rings is 1. The van der Waals surface area contributed by atoms with E-state index < -0.39 is 5.82 Å². The average Bonchev–Trinajstić information content (AvgIpc) is 2.40. The second-order valence-electron chi connectivity index (χ2n) is 4.19. The van der Waals surface area contributed by atoms with Crippen LogP contribution < -0.4 is 10.1 Å². The van der Waals surface area contributed by atoms with Crippen molar-refractivity contribution < 1.29 is 9.13 Å². The largest absolute Gasteiger partial charge is 0.436 e. The summed E-state index contributed by atoms with van der Waals surface area (Å²) in [7, 11) is 0. The molecular formula is C14H16FN3O. The van der Waals surface area contributed by atoms with Gasteiger partial charge in [0.15, 0.2) is 0 Å². The van der Waals surface area contributed by atoms with Gasteiger partial charge >= 0.3 is 0 Å². The normalized spacial score (nSPS) is 10.3. The minimum absolute atomic E-state index is 0.0702. The lowest BCUT2D eigenvalue weighted by molar-refractivity contribution is 0.420. The van der Waals surface area contributed by atoms with E-state index >= 15 is 0 Å². The van der Waals surface area contributed by atoms with E-state index in [2.05, 4.69) is 15.3 Å². The molecule has 0 radical (unpaired) electrons. The summed E-state index contributed by atoms with van der Waals surface area (Å²) < 4.78 is 19.0. The molecule has 1 aromatic heterocycles. The van der Waals surface area contributed by atoms with E-state index in [9.17, 15) is 4.39 Å². The Morgan fingerprint density at radius 3 is 2.95 bits per heavy atom. The number of rotatable bonds is 5. The molecule has 0 spiro atoms. The highest BCUT2D eigenvalue weighted by molar-refractivity contribution is 5.34. The first kappa shape index (κ1) is 13.3. The molecule has 0 aliphatic rings. The molecule has 0 aliphatic carbocycles. The number of hydrogen-bond acceptors (Lipinski definition) is 4. The van der Waals surface area contributed by atoms with Gasteiger partial charge in [-0.1, -0.05) is 19.1 Å². The molecule has 4 nitrogen and oxygen atoms in total. The lowest BCUT2D eigenvalue weighted by atomic mass is 10.2. The van der Waals surface area contributed by atoms with Crippen LogP contribution in [-0.4, -0.2) is 16.5 Å². The van der Waals surface area contributed by atoms with E-state index in [4.69, 9.17) is 4.74 Å². The van der Waals surface area contributed by atoms with Crippen molar-refractivity contribution in [1.82, 2.24) is 9.97 Å². The second-order valence-corrected chi connectivity index (χ2v) is 4.19. The van der Waals surface area contributed by atoms with E-state index in [-0.39, 0.29) is 5.88 Å². The molecule has 100 valence electrons. The maximum atomic E-state index is 13.6. The molecule has 0 fully saturated rings. The quantitative estimate of drug-likeness (QED) is 0.894. The first-order valence-corrected chi connectivity index (χ1v) is 6.20. The minimum Gasteiger partial charge on any atom is -0.436 e. The van der Waals surface area contributed by atoms with Crippen LogP contribution in [-0.2, 0) is 0 Å². The third kappa shape index (κ3) is 3.64. The van der Waals surface area contributed by atoms with Crippen LogP contribution in [0.5, 0.6) is 11.6 Å². The standard InChI is InChI=1S/C14H16FN3O/c1-3-7-16-14-17-9-12(15)13(18-14)19-11-6-4-5-10(2)8-11/h4-6,8-9H,3,7H2,1-2H3,(H,16,17,18). The van der Waals surface area contributed by atoms with Crippen LogP contribution in [0.4, 0.5) is 10.3 Å². The molecule has 1 heterocycles. The summed E-state index contributed by atoms with van der Waals surface area (Å²) in [6, 6.07) is 7.37. The van der Waals surface area contributed by atoms with Crippen molar-refractivity contribution in [2.24, 2.45) is 0 Å². The molecule has 0 amide bonds. The SMILES string of the molecule is CCCNc1ncc(F)c(Oc2cccc(C)c2)n1. The van der Waals surface area contributed by atoms with Crippen LogP contribution >= 0.6 is 0 Å². The fraction of sp³-hybridized carbons (Fsp3) is 0.286. The molecule has 0 aliphatic heterocycles. The van der Waals surface area contributed by atoms with Gasteiger partial charge < -0.3 is 10.1 Å². The van der Waals surface area contributed by atoms with Crippen LogP contribution in [0, 0.1) is 12.7 Å².